The standard InChI is InChI=1S/C15H20BrN3/c1-10(2)17-9-15-11(3)18-19(12(15)4)14-7-5-6-13(16)8-14/h5-8,10,17H,9H2,1-4H3. The van der Waals surface area contributed by atoms with Gasteiger partial charge in [0.05, 0.1) is 11.4 Å². The summed E-state index contributed by atoms with van der Waals surface area (Å²) >= 11 is 3.51. The van der Waals surface area contributed by atoms with Gasteiger partial charge in [-0.1, -0.05) is 35.8 Å². The van der Waals surface area contributed by atoms with Crippen molar-refractivity contribution in [1.29, 1.82) is 0 Å². The largest absolute Gasteiger partial charge is 0.310 e. The Kier molecular flexibility index (Phi) is 4.42. The number of aromatic nitrogens is 2. The molecule has 0 bridgehead atoms. The molecular formula is C15H20BrN3. The third-order valence-corrected chi connectivity index (χ3v) is 3.67. The molecule has 0 radical (unpaired) electrons. The van der Waals surface area contributed by atoms with Gasteiger partial charge in [-0.2, -0.15) is 5.10 Å². The predicted molar refractivity (Wildman–Crippen MR) is 82.7 cm³/mol. The molecule has 0 saturated carbocycles. The number of rotatable bonds is 4. The minimum absolute atomic E-state index is 0.480. The number of aryl methyl sites for hydroxylation is 1. The molecule has 19 heavy (non-hydrogen) atoms. The summed E-state index contributed by atoms with van der Waals surface area (Å²) < 4.78 is 3.08. The fourth-order valence-corrected chi connectivity index (χ4v) is 2.48. The van der Waals surface area contributed by atoms with E-state index in [9.17, 15) is 0 Å². The van der Waals surface area contributed by atoms with Gasteiger partial charge in [-0.3, -0.25) is 0 Å². The number of hydrogen-bond acceptors (Lipinski definition) is 2. The van der Waals surface area contributed by atoms with Gasteiger partial charge in [0.1, 0.15) is 0 Å². The smallest absolute Gasteiger partial charge is 0.0660 e. The molecule has 4 heteroatoms. The van der Waals surface area contributed by atoms with Crippen LogP contribution in [0, 0.1) is 13.8 Å². The molecule has 2 aromatic rings. The lowest BCUT2D eigenvalue weighted by Gasteiger charge is -2.09. The molecule has 1 aromatic carbocycles. The average molecular weight is 322 g/mol. The maximum absolute atomic E-state index is 4.66. The zero-order chi connectivity index (χ0) is 14.0. The molecule has 0 unspecified atom stereocenters. The van der Waals surface area contributed by atoms with Gasteiger partial charge < -0.3 is 5.32 Å². The zero-order valence-electron chi connectivity index (χ0n) is 11.9. The highest BCUT2D eigenvalue weighted by Crippen LogP contribution is 2.20. The van der Waals surface area contributed by atoms with Gasteiger partial charge in [0.15, 0.2) is 0 Å². The number of nitrogens with one attached hydrogen (secondary N) is 1. The molecule has 1 N–H and O–H groups in total. The second kappa shape index (κ2) is 5.88. The SMILES string of the molecule is Cc1nn(-c2cccc(Br)c2)c(C)c1CNC(C)C. The van der Waals surface area contributed by atoms with Gasteiger partial charge >= 0.3 is 0 Å². The quantitative estimate of drug-likeness (QED) is 0.929. The summed E-state index contributed by atoms with van der Waals surface area (Å²) in [5.74, 6) is 0. The third kappa shape index (κ3) is 3.25. The first kappa shape index (κ1) is 14.3. The van der Waals surface area contributed by atoms with Gasteiger partial charge in [-0.05, 0) is 32.0 Å². The Morgan fingerprint density at radius 1 is 1.32 bits per heavy atom. The molecule has 102 valence electrons. The first-order chi connectivity index (χ1) is 8.99. The second-order valence-electron chi connectivity index (χ2n) is 5.08. The maximum atomic E-state index is 4.66. The lowest BCUT2D eigenvalue weighted by Crippen LogP contribution is -2.22. The van der Waals surface area contributed by atoms with Crippen molar-refractivity contribution in [3.63, 3.8) is 0 Å². The molecule has 0 aliphatic carbocycles. The Morgan fingerprint density at radius 2 is 2.05 bits per heavy atom. The van der Waals surface area contributed by atoms with Gasteiger partial charge in [0.2, 0.25) is 0 Å². The molecule has 0 amide bonds. The molecule has 0 fully saturated rings. The molecule has 0 spiro atoms. The lowest BCUT2D eigenvalue weighted by molar-refractivity contribution is 0.586. The Labute approximate surface area is 123 Å². The molecule has 0 aliphatic rings. The molecule has 2 rings (SSSR count). The fourth-order valence-electron chi connectivity index (χ4n) is 2.10. The highest BCUT2D eigenvalue weighted by Gasteiger charge is 2.12. The lowest BCUT2D eigenvalue weighted by atomic mass is 10.2. The van der Waals surface area contributed by atoms with Crippen molar-refractivity contribution in [3.05, 3.63) is 45.7 Å². The van der Waals surface area contributed by atoms with Crippen LogP contribution in [0.4, 0.5) is 0 Å². The van der Waals surface area contributed by atoms with Crippen LogP contribution < -0.4 is 5.32 Å². The van der Waals surface area contributed by atoms with Crippen molar-refractivity contribution >= 4 is 15.9 Å². The van der Waals surface area contributed by atoms with Crippen LogP contribution in [0.2, 0.25) is 0 Å². The monoisotopic (exact) mass is 321 g/mol. The highest BCUT2D eigenvalue weighted by molar-refractivity contribution is 9.10. The van der Waals surface area contributed by atoms with E-state index in [-0.39, 0.29) is 0 Å². The van der Waals surface area contributed by atoms with Crippen LogP contribution in [-0.2, 0) is 6.54 Å². The van der Waals surface area contributed by atoms with E-state index >= 15 is 0 Å². The number of halogens is 1. The van der Waals surface area contributed by atoms with E-state index in [1.807, 2.05) is 16.8 Å². The van der Waals surface area contributed by atoms with Gasteiger partial charge in [0, 0.05) is 28.3 Å². The summed E-state index contributed by atoms with van der Waals surface area (Å²) in [6, 6.07) is 8.69. The number of hydrogen-bond donors (Lipinski definition) is 1. The van der Waals surface area contributed by atoms with E-state index < -0.39 is 0 Å². The van der Waals surface area contributed by atoms with E-state index in [4.69, 9.17) is 0 Å². The van der Waals surface area contributed by atoms with Crippen molar-refractivity contribution < 1.29 is 0 Å². The number of nitrogens with zero attached hydrogens (tertiary/aromatic N) is 2. The minimum atomic E-state index is 0.480. The average Bonchev–Trinajstić information content (AvgIpc) is 2.62. The highest BCUT2D eigenvalue weighted by atomic mass is 79.9. The molecule has 0 aliphatic heterocycles. The van der Waals surface area contributed by atoms with Gasteiger partial charge in [-0.25, -0.2) is 4.68 Å². The van der Waals surface area contributed by atoms with Crippen LogP contribution in [0.15, 0.2) is 28.7 Å². The first-order valence-corrected chi connectivity index (χ1v) is 7.32. The van der Waals surface area contributed by atoms with Crippen LogP contribution in [0.5, 0.6) is 0 Å². The molecule has 1 heterocycles. The summed E-state index contributed by atoms with van der Waals surface area (Å²) in [6.07, 6.45) is 0. The van der Waals surface area contributed by atoms with Crippen LogP contribution >= 0.6 is 15.9 Å². The van der Waals surface area contributed by atoms with E-state index in [0.29, 0.717) is 6.04 Å². The van der Waals surface area contributed by atoms with Crippen LogP contribution in [0.25, 0.3) is 5.69 Å². The van der Waals surface area contributed by atoms with Gasteiger partial charge in [0.25, 0.3) is 0 Å². The third-order valence-electron chi connectivity index (χ3n) is 3.18. The summed E-state index contributed by atoms with van der Waals surface area (Å²) in [5, 5.41) is 8.11. The second-order valence-corrected chi connectivity index (χ2v) is 5.99. The Morgan fingerprint density at radius 3 is 2.68 bits per heavy atom. The Balaban J connectivity index is 2.35. The van der Waals surface area contributed by atoms with E-state index in [0.717, 1.165) is 22.4 Å². The van der Waals surface area contributed by atoms with E-state index in [1.165, 1.54) is 11.3 Å². The van der Waals surface area contributed by atoms with Crippen molar-refractivity contribution in [3.8, 4) is 5.69 Å². The molecule has 0 atom stereocenters. The zero-order valence-corrected chi connectivity index (χ0v) is 13.5. The first-order valence-electron chi connectivity index (χ1n) is 6.53. The topological polar surface area (TPSA) is 29.9 Å². The fraction of sp³-hybridized carbons (Fsp3) is 0.400. The van der Waals surface area contributed by atoms with Crippen molar-refractivity contribution in [1.82, 2.24) is 15.1 Å². The molecule has 0 saturated heterocycles. The van der Waals surface area contributed by atoms with Gasteiger partial charge in [-0.15, -0.1) is 0 Å². The molecule has 1 aromatic heterocycles. The maximum Gasteiger partial charge on any atom is 0.0660 e. The normalized spacial score (nSPS) is 11.3. The summed E-state index contributed by atoms with van der Waals surface area (Å²) in [7, 11) is 0. The summed E-state index contributed by atoms with van der Waals surface area (Å²) in [4.78, 5) is 0. The van der Waals surface area contributed by atoms with Crippen LogP contribution in [0.1, 0.15) is 30.8 Å². The minimum Gasteiger partial charge on any atom is -0.310 e. The van der Waals surface area contributed by atoms with E-state index in [2.05, 4.69) is 66.2 Å². The van der Waals surface area contributed by atoms with Crippen LogP contribution in [0.3, 0.4) is 0 Å². The summed E-state index contributed by atoms with van der Waals surface area (Å²) in [6.45, 7) is 9.37. The van der Waals surface area contributed by atoms with Crippen molar-refractivity contribution in [2.45, 2.75) is 40.3 Å². The predicted octanol–water partition coefficient (Wildman–Crippen LogP) is 3.75. The number of benzene rings is 1. The van der Waals surface area contributed by atoms with Crippen molar-refractivity contribution in [2.24, 2.45) is 0 Å². The summed E-state index contributed by atoms with van der Waals surface area (Å²) in [5.41, 5.74) is 4.66. The van der Waals surface area contributed by atoms with E-state index in [1.54, 1.807) is 0 Å². The Bertz CT molecular complexity index is 573. The van der Waals surface area contributed by atoms with Crippen molar-refractivity contribution in [2.75, 3.05) is 0 Å². The molecular weight excluding hydrogens is 302 g/mol. The van der Waals surface area contributed by atoms with Crippen LogP contribution in [-0.4, -0.2) is 15.8 Å². The Hall–Kier alpha value is -1.13. The molecule has 3 nitrogen and oxygen atoms in total.